The molecule has 0 spiro atoms. The van der Waals surface area contributed by atoms with Gasteiger partial charge in [0.2, 0.25) is 0 Å². The molecule has 0 saturated heterocycles. The van der Waals surface area contributed by atoms with Crippen molar-refractivity contribution >= 4 is 11.6 Å². The first kappa shape index (κ1) is 14.9. The second-order valence-electron chi connectivity index (χ2n) is 6.46. The molecule has 4 rings (SSSR count). The lowest BCUT2D eigenvalue weighted by Crippen LogP contribution is -2.25. The number of hydrogen-bond acceptors (Lipinski definition) is 3. The zero-order valence-electron chi connectivity index (χ0n) is 13.9. The van der Waals surface area contributed by atoms with E-state index >= 15 is 0 Å². The summed E-state index contributed by atoms with van der Waals surface area (Å²) in [6.45, 7) is 4.04. The number of benzene rings is 1. The van der Waals surface area contributed by atoms with Crippen molar-refractivity contribution in [2.24, 2.45) is 0 Å². The van der Waals surface area contributed by atoms with Crippen LogP contribution in [0.1, 0.15) is 45.7 Å². The summed E-state index contributed by atoms with van der Waals surface area (Å²) >= 11 is 0. The molecule has 0 radical (unpaired) electrons. The van der Waals surface area contributed by atoms with Gasteiger partial charge in [-0.3, -0.25) is 4.79 Å². The SMILES string of the molecule is Cc1nc2c(C(=O)NC3CC3)cnn2c(C)c1Cc1ccccc1. The van der Waals surface area contributed by atoms with E-state index in [-0.39, 0.29) is 5.91 Å². The monoisotopic (exact) mass is 320 g/mol. The lowest BCUT2D eigenvalue weighted by Gasteiger charge is -2.11. The van der Waals surface area contributed by atoms with E-state index in [1.54, 1.807) is 10.7 Å². The van der Waals surface area contributed by atoms with E-state index in [1.165, 1.54) is 5.56 Å². The highest BCUT2D eigenvalue weighted by atomic mass is 16.1. The molecule has 3 aromatic rings. The third-order valence-electron chi connectivity index (χ3n) is 4.59. The molecule has 1 aromatic carbocycles. The van der Waals surface area contributed by atoms with Gasteiger partial charge in [0, 0.05) is 23.9 Å². The minimum Gasteiger partial charge on any atom is -0.349 e. The standard InChI is InChI=1S/C19H20N4O/c1-12-16(10-14-6-4-3-5-7-14)13(2)23-18(21-12)17(11-20-23)19(24)22-15-8-9-15/h3-7,11,15H,8-10H2,1-2H3,(H,22,24). The Bertz CT molecular complexity index is 910. The van der Waals surface area contributed by atoms with Crippen LogP contribution in [0.25, 0.3) is 5.65 Å². The first-order valence-electron chi connectivity index (χ1n) is 8.32. The van der Waals surface area contributed by atoms with Crippen molar-refractivity contribution in [3.63, 3.8) is 0 Å². The molecule has 5 heteroatoms. The van der Waals surface area contributed by atoms with E-state index in [0.29, 0.717) is 17.3 Å². The van der Waals surface area contributed by atoms with Crippen LogP contribution < -0.4 is 5.32 Å². The van der Waals surface area contributed by atoms with Gasteiger partial charge in [0.25, 0.3) is 5.91 Å². The topological polar surface area (TPSA) is 59.3 Å². The highest BCUT2D eigenvalue weighted by Gasteiger charge is 2.26. The van der Waals surface area contributed by atoms with Gasteiger partial charge in [-0.15, -0.1) is 0 Å². The lowest BCUT2D eigenvalue weighted by molar-refractivity contribution is 0.0952. The van der Waals surface area contributed by atoms with Crippen molar-refractivity contribution in [1.82, 2.24) is 19.9 Å². The van der Waals surface area contributed by atoms with Gasteiger partial charge in [0.05, 0.1) is 6.20 Å². The smallest absolute Gasteiger partial charge is 0.256 e. The number of carbonyl (C=O) groups is 1. The Balaban J connectivity index is 1.73. The van der Waals surface area contributed by atoms with Gasteiger partial charge >= 0.3 is 0 Å². The van der Waals surface area contributed by atoms with Crippen LogP contribution in [0.15, 0.2) is 36.5 Å². The van der Waals surface area contributed by atoms with Gasteiger partial charge in [-0.1, -0.05) is 30.3 Å². The number of aromatic nitrogens is 3. The summed E-state index contributed by atoms with van der Waals surface area (Å²) in [7, 11) is 0. The van der Waals surface area contributed by atoms with Crippen molar-refractivity contribution < 1.29 is 4.79 Å². The Hall–Kier alpha value is -2.69. The Morgan fingerprint density at radius 2 is 2.00 bits per heavy atom. The third kappa shape index (κ3) is 2.66. The summed E-state index contributed by atoms with van der Waals surface area (Å²) in [6, 6.07) is 10.6. The molecule has 24 heavy (non-hydrogen) atoms. The van der Waals surface area contributed by atoms with Crippen LogP contribution in [-0.4, -0.2) is 26.5 Å². The van der Waals surface area contributed by atoms with E-state index in [4.69, 9.17) is 0 Å². The number of hydrogen-bond donors (Lipinski definition) is 1. The van der Waals surface area contributed by atoms with Crippen LogP contribution in [0, 0.1) is 13.8 Å². The predicted octanol–water partition coefficient (Wildman–Crippen LogP) is 2.83. The number of rotatable bonds is 4. The number of carbonyl (C=O) groups excluding carboxylic acids is 1. The largest absolute Gasteiger partial charge is 0.349 e. The zero-order valence-corrected chi connectivity index (χ0v) is 13.9. The number of amides is 1. The van der Waals surface area contributed by atoms with Crippen molar-refractivity contribution in [2.75, 3.05) is 0 Å². The fourth-order valence-electron chi connectivity index (χ4n) is 3.02. The second kappa shape index (κ2) is 5.74. The Morgan fingerprint density at radius 1 is 1.25 bits per heavy atom. The summed E-state index contributed by atoms with van der Waals surface area (Å²) < 4.78 is 1.78. The molecule has 1 N–H and O–H groups in total. The number of fused-ring (bicyclic) bond motifs is 1. The van der Waals surface area contributed by atoms with E-state index in [1.807, 2.05) is 32.0 Å². The van der Waals surface area contributed by atoms with Gasteiger partial charge < -0.3 is 5.32 Å². The fourth-order valence-corrected chi connectivity index (χ4v) is 3.02. The Kier molecular flexibility index (Phi) is 3.56. The zero-order chi connectivity index (χ0) is 16.7. The van der Waals surface area contributed by atoms with Crippen LogP contribution in [0.5, 0.6) is 0 Å². The van der Waals surface area contributed by atoms with Gasteiger partial charge in [0.15, 0.2) is 5.65 Å². The fraction of sp³-hybridized carbons (Fsp3) is 0.316. The summed E-state index contributed by atoms with van der Waals surface area (Å²) in [4.78, 5) is 17.0. The highest BCUT2D eigenvalue weighted by Crippen LogP contribution is 2.22. The molecule has 0 aliphatic heterocycles. The predicted molar refractivity (Wildman–Crippen MR) is 92.2 cm³/mol. The molecule has 1 aliphatic carbocycles. The first-order valence-corrected chi connectivity index (χ1v) is 8.32. The molecule has 1 saturated carbocycles. The molecule has 0 bridgehead atoms. The molecule has 122 valence electrons. The molecule has 0 unspecified atom stereocenters. The molecule has 1 fully saturated rings. The summed E-state index contributed by atoms with van der Waals surface area (Å²) in [6.07, 6.45) is 4.57. The Morgan fingerprint density at radius 3 is 2.71 bits per heavy atom. The van der Waals surface area contributed by atoms with E-state index in [0.717, 1.165) is 36.2 Å². The van der Waals surface area contributed by atoms with Crippen molar-refractivity contribution in [1.29, 1.82) is 0 Å². The average molecular weight is 320 g/mol. The maximum Gasteiger partial charge on any atom is 0.256 e. The minimum atomic E-state index is -0.0744. The maximum absolute atomic E-state index is 12.4. The van der Waals surface area contributed by atoms with Gasteiger partial charge in [-0.05, 0) is 37.8 Å². The maximum atomic E-state index is 12.4. The van der Waals surface area contributed by atoms with Crippen LogP contribution in [0.3, 0.4) is 0 Å². The second-order valence-corrected chi connectivity index (χ2v) is 6.46. The molecule has 2 heterocycles. The number of aryl methyl sites for hydroxylation is 2. The molecule has 2 aromatic heterocycles. The van der Waals surface area contributed by atoms with Crippen molar-refractivity contribution in [2.45, 2.75) is 39.2 Å². The highest BCUT2D eigenvalue weighted by molar-refractivity contribution is 6.00. The molecule has 1 amide bonds. The van der Waals surface area contributed by atoms with Crippen LogP contribution in [-0.2, 0) is 6.42 Å². The normalized spacial score (nSPS) is 14.1. The molecule has 5 nitrogen and oxygen atoms in total. The van der Waals surface area contributed by atoms with Crippen LogP contribution in [0.4, 0.5) is 0 Å². The first-order chi connectivity index (χ1) is 11.6. The van der Waals surface area contributed by atoms with Crippen LogP contribution >= 0.6 is 0 Å². The molecular formula is C19H20N4O. The Labute approximate surface area is 140 Å². The quantitative estimate of drug-likeness (QED) is 0.804. The van der Waals surface area contributed by atoms with Crippen molar-refractivity contribution in [3.05, 3.63) is 64.6 Å². The summed E-state index contributed by atoms with van der Waals surface area (Å²) in [5.41, 5.74) is 5.57. The van der Waals surface area contributed by atoms with Gasteiger partial charge in [-0.2, -0.15) is 5.10 Å². The third-order valence-corrected chi connectivity index (χ3v) is 4.59. The van der Waals surface area contributed by atoms with Gasteiger partial charge in [0.1, 0.15) is 5.56 Å². The van der Waals surface area contributed by atoms with E-state index in [9.17, 15) is 4.79 Å². The van der Waals surface area contributed by atoms with Gasteiger partial charge in [-0.25, -0.2) is 9.50 Å². The van der Waals surface area contributed by atoms with E-state index in [2.05, 4.69) is 27.5 Å². The summed E-state index contributed by atoms with van der Waals surface area (Å²) in [5, 5.41) is 7.41. The lowest BCUT2D eigenvalue weighted by atomic mass is 10.0. The molecular weight excluding hydrogens is 300 g/mol. The van der Waals surface area contributed by atoms with E-state index < -0.39 is 0 Å². The van der Waals surface area contributed by atoms with Crippen molar-refractivity contribution in [3.8, 4) is 0 Å². The molecule has 1 aliphatic rings. The number of nitrogens with zero attached hydrogens (tertiary/aromatic N) is 3. The minimum absolute atomic E-state index is 0.0744. The summed E-state index contributed by atoms with van der Waals surface area (Å²) in [5.74, 6) is -0.0744. The number of nitrogens with one attached hydrogen (secondary N) is 1. The van der Waals surface area contributed by atoms with Crippen LogP contribution in [0.2, 0.25) is 0 Å². The average Bonchev–Trinajstić information content (AvgIpc) is 3.29. The molecule has 0 atom stereocenters.